The van der Waals surface area contributed by atoms with Gasteiger partial charge < -0.3 is 0 Å². The number of benzene rings is 2. The molecule has 25 heavy (non-hydrogen) atoms. The highest BCUT2D eigenvalue weighted by molar-refractivity contribution is 7.71. The predicted molar refractivity (Wildman–Crippen MR) is 100.0 cm³/mol. The van der Waals surface area contributed by atoms with Gasteiger partial charge in [0, 0.05) is 5.56 Å². The molecule has 0 fully saturated rings. The summed E-state index contributed by atoms with van der Waals surface area (Å²) in [6, 6.07) is 24.4. The van der Waals surface area contributed by atoms with Crippen molar-refractivity contribution < 1.29 is 0 Å². The largest absolute Gasteiger partial charge is 0.255 e. The van der Waals surface area contributed by atoms with Gasteiger partial charge in [-0.15, -0.1) is 5.10 Å². The van der Waals surface area contributed by atoms with Crippen molar-refractivity contribution in [1.29, 1.82) is 0 Å². The fraction of sp³-hybridized carbons (Fsp3) is 0. The van der Waals surface area contributed by atoms with Crippen LogP contribution in [-0.4, -0.2) is 24.2 Å². The Labute approximate surface area is 148 Å². The van der Waals surface area contributed by atoms with Crippen molar-refractivity contribution in [1.82, 2.24) is 24.2 Å². The van der Waals surface area contributed by atoms with E-state index in [2.05, 4.69) is 34.5 Å². The van der Waals surface area contributed by atoms with Crippen LogP contribution in [0.25, 0.3) is 33.8 Å². The highest BCUT2D eigenvalue weighted by Crippen LogP contribution is 2.26. The molecule has 0 radical (unpaired) electrons. The van der Waals surface area contributed by atoms with Crippen LogP contribution in [0.4, 0.5) is 0 Å². The second-order valence-electron chi connectivity index (χ2n) is 5.79. The van der Waals surface area contributed by atoms with Crippen LogP contribution < -0.4 is 0 Å². The van der Waals surface area contributed by atoms with Gasteiger partial charge in [0.15, 0.2) is 0 Å². The van der Waals surface area contributed by atoms with E-state index in [1.807, 2.05) is 57.4 Å². The van der Waals surface area contributed by atoms with Crippen molar-refractivity contribution in [3.8, 4) is 22.5 Å². The molecular weight excluding hydrogens is 330 g/mol. The van der Waals surface area contributed by atoms with Crippen LogP contribution in [0.2, 0.25) is 0 Å². The summed E-state index contributed by atoms with van der Waals surface area (Å²) in [7, 11) is 0. The van der Waals surface area contributed by atoms with Crippen molar-refractivity contribution in [3.63, 3.8) is 0 Å². The van der Waals surface area contributed by atoms with E-state index in [1.54, 1.807) is 0 Å². The second-order valence-corrected chi connectivity index (χ2v) is 6.18. The van der Waals surface area contributed by atoms with Gasteiger partial charge in [0.1, 0.15) is 0 Å². The maximum Gasteiger partial charge on any atom is 0.255 e. The molecule has 0 unspecified atom stereocenters. The van der Waals surface area contributed by atoms with E-state index in [0.717, 1.165) is 28.0 Å². The number of nitrogens with one attached hydrogen (secondary N) is 1. The van der Waals surface area contributed by atoms with E-state index < -0.39 is 0 Å². The molecule has 3 heterocycles. The first-order valence-corrected chi connectivity index (χ1v) is 8.33. The summed E-state index contributed by atoms with van der Waals surface area (Å²) in [4.78, 5) is 0. The molecule has 120 valence electrons. The quantitative estimate of drug-likeness (QED) is 0.484. The van der Waals surface area contributed by atoms with Crippen molar-refractivity contribution in [3.05, 3.63) is 77.6 Å². The zero-order valence-corrected chi connectivity index (χ0v) is 13.9. The number of nitrogens with zero attached hydrogens (tertiary/aromatic N) is 4. The minimum absolute atomic E-state index is 0.549. The summed E-state index contributed by atoms with van der Waals surface area (Å²) in [5.41, 5.74) is 5.01. The molecule has 1 N–H and O–H groups in total. The second kappa shape index (κ2) is 5.39. The van der Waals surface area contributed by atoms with Crippen LogP contribution in [0.5, 0.6) is 0 Å². The van der Waals surface area contributed by atoms with Crippen LogP contribution in [0.1, 0.15) is 0 Å². The molecule has 0 amide bonds. The highest BCUT2D eigenvalue weighted by atomic mass is 32.1. The zero-order valence-electron chi connectivity index (χ0n) is 13.1. The lowest BCUT2D eigenvalue weighted by Crippen LogP contribution is -2.00. The summed E-state index contributed by atoms with van der Waals surface area (Å²) < 4.78 is 4.29. The van der Waals surface area contributed by atoms with E-state index in [9.17, 15) is 0 Å². The minimum atomic E-state index is 0.549. The monoisotopic (exact) mass is 343 g/mol. The number of hydrogen-bond acceptors (Lipinski definition) is 3. The Morgan fingerprint density at radius 3 is 2.24 bits per heavy atom. The molecule has 0 aliphatic heterocycles. The van der Waals surface area contributed by atoms with Crippen LogP contribution in [0, 0.1) is 4.77 Å². The molecule has 0 aliphatic carbocycles. The minimum Gasteiger partial charge on any atom is -0.252 e. The molecule has 5 rings (SSSR count). The number of H-pyrrole nitrogens is 1. The molecule has 0 saturated carbocycles. The molecule has 2 aromatic carbocycles. The average molecular weight is 343 g/mol. The lowest BCUT2D eigenvalue weighted by atomic mass is 10.1. The summed E-state index contributed by atoms with van der Waals surface area (Å²) in [5, 5.41) is 12.0. The van der Waals surface area contributed by atoms with Gasteiger partial charge in [-0.25, -0.2) is 5.10 Å². The number of fused-ring (bicyclic) bond motifs is 3. The Kier molecular flexibility index (Phi) is 3.05. The van der Waals surface area contributed by atoms with E-state index in [1.165, 1.54) is 0 Å². The summed E-state index contributed by atoms with van der Waals surface area (Å²) >= 11 is 5.44. The Hall–Kier alpha value is -3.25. The molecule has 0 atom stereocenters. The lowest BCUT2D eigenvalue weighted by Gasteiger charge is -2.06. The zero-order chi connectivity index (χ0) is 16.8. The van der Waals surface area contributed by atoms with E-state index >= 15 is 0 Å². The van der Waals surface area contributed by atoms with Gasteiger partial charge >= 0.3 is 0 Å². The molecule has 0 aliphatic rings. The molecule has 0 spiro atoms. The molecule has 5 aromatic rings. The van der Waals surface area contributed by atoms with Crippen LogP contribution >= 0.6 is 12.2 Å². The fourth-order valence-corrected chi connectivity index (χ4v) is 3.31. The fourth-order valence-electron chi connectivity index (χ4n) is 3.08. The first-order valence-electron chi connectivity index (χ1n) is 7.92. The molecule has 0 bridgehead atoms. The lowest BCUT2D eigenvalue weighted by molar-refractivity contribution is 0.934. The standard InChI is InChI=1S/C19H13N5S/c25-19-21-20-18-23(19)17(14-9-5-2-6-10-14)12-15-11-16(22-24(15)18)13-7-3-1-4-8-13/h1-12H,(H,21,25). The smallest absolute Gasteiger partial charge is 0.252 e. The van der Waals surface area contributed by atoms with Gasteiger partial charge in [0.05, 0.1) is 16.9 Å². The van der Waals surface area contributed by atoms with Crippen molar-refractivity contribution in [2.75, 3.05) is 0 Å². The third-order valence-electron chi connectivity index (χ3n) is 4.25. The van der Waals surface area contributed by atoms with Crippen molar-refractivity contribution in [2.45, 2.75) is 0 Å². The van der Waals surface area contributed by atoms with Crippen LogP contribution in [0.15, 0.2) is 72.8 Å². The molecular formula is C19H13N5S. The van der Waals surface area contributed by atoms with E-state index in [-0.39, 0.29) is 0 Å². The summed E-state index contributed by atoms with van der Waals surface area (Å²) in [6.45, 7) is 0. The Balaban J connectivity index is 1.86. The van der Waals surface area contributed by atoms with E-state index in [0.29, 0.717) is 10.5 Å². The topological polar surface area (TPSA) is 50.4 Å². The molecule has 6 heteroatoms. The van der Waals surface area contributed by atoms with Gasteiger partial charge in [-0.3, -0.25) is 4.40 Å². The van der Waals surface area contributed by atoms with Gasteiger partial charge in [0.25, 0.3) is 5.78 Å². The third kappa shape index (κ3) is 2.19. The first-order chi connectivity index (χ1) is 12.3. The van der Waals surface area contributed by atoms with Crippen LogP contribution in [0.3, 0.4) is 0 Å². The van der Waals surface area contributed by atoms with Gasteiger partial charge in [0.2, 0.25) is 4.77 Å². The normalized spacial score (nSPS) is 11.4. The highest BCUT2D eigenvalue weighted by Gasteiger charge is 2.14. The summed E-state index contributed by atoms with van der Waals surface area (Å²) in [5.74, 6) is 0.670. The van der Waals surface area contributed by atoms with Crippen molar-refractivity contribution in [2.24, 2.45) is 0 Å². The van der Waals surface area contributed by atoms with Gasteiger partial charge in [-0.1, -0.05) is 60.7 Å². The molecule has 3 aromatic heterocycles. The van der Waals surface area contributed by atoms with Gasteiger partial charge in [-0.05, 0) is 29.9 Å². The molecule has 0 saturated heterocycles. The number of aromatic nitrogens is 5. The number of rotatable bonds is 2. The first kappa shape index (κ1) is 14.1. The maximum absolute atomic E-state index is 5.44. The maximum atomic E-state index is 5.44. The number of aromatic amines is 1. The Bertz CT molecular complexity index is 1250. The summed E-state index contributed by atoms with van der Waals surface area (Å²) in [6.07, 6.45) is 0. The average Bonchev–Trinajstić information content (AvgIpc) is 3.26. The predicted octanol–water partition coefficient (Wildman–Crippen LogP) is 4.37. The van der Waals surface area contributed by atoms with Gasteiger partial charge in [-0.2, -0.15) is 9.61 Å². The van der Waals surface area contributed by atoms with E-state index in [4.69, 9.17) is 17.3 Å². The third-order valence-corrected chi connectivity index (χ3v) is 4.52. The number of hydrogen-bond donors (Lipinski definition) is 1. The SMILES string of the molecule is S=c1[nH]nc2n1c(-c1ccccc1)cc1cc(-c3ccccc3)nn12. The Morgan fingerprint density at radius 2 is 1.52 bits per heavy atom. The molecule has 5 nitrogen and oxygen atoms in total. The van der Waals surface area contributed by atoms with Crippen LogP contribution in [-0.2, 0) is 0 Å². The van der Waals surface area contributed by atoms with Crippen molar-refractivity contribution >= 4 is 23.5 Å². The Morgan fingerprint density at radius 1 is 0.840 bits per heavy atom.